The van der Waals surface area contributed by atoms with Crippen molar-refractivity contribution in [2.24, 2.45) is 0 Å². The van der Waals surface area contributed by atoms with E-state index in [2.05, 4.69) is 32.8 Å². The van der Waals surface area contributed by atoms with Gasteiger partial charge in [0.1, 0.15) is 5.00 Å². The molecule has 0 aliphatic carbocycles. The Balaban J connectivity index is 3.03. The molecule has 1 rings (SSSR count). The molecule has 0 fully saturated rings. The van der Waals surface area contributed by atoms with Crippen molar-refractivity contribution in [3.05, 3.63) is 16.7 Å². The largest absolute Gasteiger partial charge is 0.449 e. The second kappa shape index (κ2) is 3.19. The Kier molecular flexibility index (Phi) is 2.45. The number of rotatable bonds is 1. The molecule has 1 aromatic rings. The van der Waals surface area contributed by atoms with Crippen molar-refractivity contribution < 1.29 is 9.53 Å². The van der Waals surface area contributed by atoms with Gasteiger partial charge in [-0.25, -0.2) is 9.78 Å². The maximum Gasteiger partial charge on any atom is 0.360 e. The molecule has 0 saturated carbocycles. The van der Waals surface area contributed by atoms with Crippen LogP contribution in [0.1, 0.15) is 10.5 Å². The van der Waals surface area contributed by atoms with E-state index in [4.69, 9.17) is 5.73 Å². The minimum atomic E-state index is -0.732. The second-order valence-electron chi connectivity index (χ2n) is 1.58. The molecule has 0 unspecified atom stereocenters. The molecule has 0 amide bonds. The molecule has 4 nitrogen and oxygen atoms in total. The monoisotopic (exact) mass is 234 g/mol. The van der Waals surface area contributed by atoms with Crippen molar-refractivity contribution in [2.45, 2.75) is 0 Å². The van der Waals surface area contributed by atoms with E-state index in [1.807, 2.05) is 0 Å². The van der Waals surface area contributed by atoms with Crippen molar-refractivity contribution in [2.75, 3.05) is 5.73 Å². The zero-order chi connectivity index (χ0) is 8.43. The summed E-state index contributed by atoms with van der Waals surface area (Å²) >= 11 is 4.20. The maximum atomic E-state index is 10.7. The molecule has 11 heavy (non-hydrogen) atoms. The summed E-state index contributed by atoms with van der Waals surface area (Å²) in [6.07, 6.45) is 0. The van der Waals surface area contributed by atoms with Gasteiger partial charge in [-0.2, -0.15) is 0 Å². The number of thiazole rings is 1. The van der Waals surface area contributed by atoms with E-state index in [0.717, 1.165) is 11.3 Å². The Morgan fingerprint density at radius 3 is 2.82 bits per heavy atom. The van der Waals surface area contributed by atoms with E-state index in [9.17, 15) is 4.79 Å². The fourth-order valence-electron chi connectivity index (χ4n) is 0.507. The van der Waals surface area contributed by atoms with Gasteiger partial charge in [-0.3, -0.25) is 0 Å². The highest BCUT2D eigenvalue weighted by atomic mass is 79.9. The number of carbonyl (C=O) groups excluding carboxylic acids is 1. The van der Waals surface area contributed by atoms with Gasteiger partial charge >= 0.3 is 5.97 Å². The number of nitrogens with two attached hydrogens (primary N) is 1. The third-order valence-corrected chi connectivity index (χ3v) is 2.26. The molecule has 6 heteroatoms. The smallest absolute Gasteiger partial charge is 0.360 e. The van der Waals surface area contributed by atoms with Gasteiger partial charge in [0.25, 0.3) is 0 Å². The number of nitrogens with zero attached hydrogens (tertiary/aromatic N) is 1. The zero-order valence-corrected chi connectivity index (χ0v) is 7.61. The van der Waals surface area contributed by atoms with E-state index in [-0.39, 0.29) is 10.7 Å². The predicted octanol–water partition coefficient (Wildman–Crippen LogP) is 1.31. The summed E-state index contributed by atoms with van der Waals surface area (Å²) in [6.45, 7) is 0. The van der Waals surface area contributed by atoms with Crippen LogP contribution in [0.2, 0.25) is 0 Å². The van der Waals surface area contributed by atoms with Gasteiger partial charge in [-0.15, -0.1) is 0 Å². The van der Waals surface area contributed by atoms with E-state index in [1.165, 1.54) is 0 Å². The van der Waals surface area contributed by atoms with Gasteiger partial charge in [0.2, 0.25) is 0 Å². The van der Waals surface area contributed by atoms with Crippen LogP contribution in [0.25, 0.3) is 0 Å². The number of anilines is 1. The normalized spacial score (nSPS) is 9.64. The van der Waals surface area contributed by atoms with Crippen molar-refractivity contribution in [3.63, 3.8) is 0 Å². The number of hydrogen-bond donors (Lipinski definition) is 1. The van der Waals surface area contributed by atoms with Crippen LogP contribution >= 0.6 is 27.3 Å². The van der Waals surface area contributed by atoms with Gasteiger partial charge in [0, 0.05) is 0 Å². The first kappa shape index (κ1) is 8.48. The average molecular weight is 235 g/mol. The van der Waals surface area contributed by atoms with E-state index in [0.29, 0.717) is 3.92 Å². The molecule has 0 bridgehead atoms. The lowest BCUT2D eigenvalue weighted by Crippen LogP contribution is -2.03. The summed E-state index contributed by atoms with van der Waals surface area (Å²) in [7, 11) is 4.63. The molecule has 0 aliphatic heterocycles. The number of halogens is 1. The molecule has 1 heterocycles. The van der Waals surface area contributed by atoms with Crippen molar-refractivity contribution in [1.82, 2.24) is 4.98 Å². The summed E-state index contributed by atoms with van der Waals surface area (Å²) < 4.78 is 4.46. The number of ether oxygens (including phenoxy) is 1. The summed E-state index contributed by atoms with van der Waals surface area (Å²) in [4.78, 5) is 14.5. The Hall–Kier alpha value is -0.620. The maximum absolute atomic E-state index is 10.7. The first-order chi connectivity index (χ1) is 5.15. The molecule has 0 saturated heterocycles. The van der Waals surface area contributed by atoms with E-state index < -0.39 is 5.97 Å². The lowest BCUT2D eigenvalue weighted by molar-refractivity contribution is 0.0649. The Morgan fingerprint density at radius 2 is 2.45 bits per heavy atom. The highest BCUT2D eigenvalue weighted by Crippen LogP contribution is 2.25. The third kappa shape index (κ3) is 1.69. The van der Waals surface area contributed by atoms with Gasteiger partial charge in [-0.1, -0.05) is 11.3 Å². The first-order valence-electron chi connectivity index (χ1n) is 2.48. The van der Waals surface area contributed by atoms with Crippen LogP contribution in [0, 0.1) is 7.11 Å². The molecule has 0 atom stereocenters. The topological polar surface area (TPSA) is 65.2 Å². The Labute approximate surface area is 75.5 Å². The molecule has 0 spiro atoms. The summed E-state index contributed by atoms with van der Waals surface area (Å²) in [5.41, 5.74) is 5.43. The van der Waals surface area contributed by atoms with Gasteiger partial charge in [-0.05, 0) is 15.9 Å². The first-order valence-corrected chi connectivity index (χ1v) is 4.09. The molecule has 58 valence electrons. The molecule has 2 radical (unpaired) electrons. The number of carbonyl (C=O) groups is 1. The van der Waals surface area contributed by atoms with Crippen LogP contribution in [0.4, 0.5) is 5.00 Å². The van der Waals surface area contributed by atoms with Crippen molar-refractivity contribution >= 4 is 38.2 Å². The third-order valence-electron chi connectivity index (χ3n) is 0.928. The van der Waals surface area contributed by atoms with Crippen LogP contribution in [0.15, 0.2) is 3.92 Å². The minimum Gasteiger partial charge on any atom is -0.449 e. The van der Waals surface area contributed by atoms with Crippen LogP contribution in [0.5, 0.6) is 0 Å². The van der Waals surface area contributed by atoms with Crippen molar-refractivity contribution in [1.29, 1.82) is 0 Å². The predicted molar refractivity (Wildman–Crippen MR) is 43.9 cm³/mol. The van der Waals surface area contributed by atoms with Crippen molar-refractivity contribution in [3.8, 4) is 0 Å². The Bertz CT molecular complexity index is 286. The number of hydrogen-bond acceptors (Lipinski definition) is 5. The van der Waals surface area contributed by atoms with E-state index in [1.54, 1.807) is 0 Å². The Morgan fingerprint density at radius 1 is 1.82 bits per heavy atom. The van der Waals surface area contributed by atoms with E-state index >= 15 is 0 Å². The zero-order valence-electron chi connectivity index (χ0n) is 5.20. The standard InChI is InChI=1S/C5H3BrN2O2S/c1-10-4(9)2-3(7)11-5(6)8-2/h1H,7H2. The van der Waals surface area contributed by atoms with Crippen LogP contribution in [-0.4, -0.2) is 11.0 Å². The van der Waals surface area contributed by atoms with Gasteiger partial charge in [0.15, 0.2) is 16.7 Å². The van der Waals surface area contributed by atoms with Gasteiger partial charge < -0.3 is 10.5 Å². The summed E-state index contributed by atoms with van der Waals surface area (Å²) in [6, 6.07) is 0. The lowest BCUT2D eigenvalue weighted by Gasteiger charge is -1.91. The SMILES string of the molecule is [CH]OC(=O)c1nc(Br)sc1N. The van der Waals surface area contributed by atoms with Crippen LogP contribution in [0.3, 0.4) is 0 Å². The molecule has 1 aromatic heterocycles. The molecule has 0 aliphatic rings. The fraction of sp³-hybridized carbons (Fsp3) is 0. The minimum absolute atomic E-state index is 0.0457. The highest BCUT2D eigenvalue weighted by Gasteiger charge is 2.15. The van der Waals surface area contributed by atoms with Crippen LogP contribution < -0.4 is 5.73 Å². The summed E-state index contributed by atoms with van der Waals surface area (Å²) in [5.74, 6) is -0.732. The molecule has 0 aromatic carbocycles. The quantitative estimate of drug-likeness (QED) is 0.745. The number of esters is 1. The molecular weight excluding hydrogens is 232 g/mol. The molecular formula is C5H3BrN2O2S. The second-order valence-corrected chi connectivity index (χ2v) is 3.89. The average Bonchev–Trinajstić information content (AvgIpc) is 2.28. The number of aromatic nitrogens is 1. The molecule has 2 N–H and O–H groups in total. The lowest BCUT2D eigenvalue weighted by atomic mass is 10.5. The van der Waals surface area contributed by atoms with Gasteiger partial charge in [0.05, 0.1) is 0 Å². The summed E-state index contributed by atoms with van der Waals surface area (Å²) in [5, 5.41) is 0.285. The fourth-order valence-corrected chi connectivity index (χ4v) is 1.75. The highest BCUT2D eigenvalue weighted by molar-refractivity contribution is 9.11. The van der Waals surface area contributed by atoms with Crippen LogP contribution in [-0.2, 0) is 4.74 Å². The number of nitrogen functional groups attached to an aromatic ring is 1.